The van der Waals surface area contributed by atoms with Crippen molar-refractivity contribution in [2.75, 3.05) is 11.1 Å². The molecule has 0 aliphatic rings. The Bertz CT molecular complexity index is 605. The Morgan fingerprint density at radius 3 is 2.61 bits per heavy atom. The zero-order valence-corrected chi connectivity index (χ0v) is 11.7. The van der Waals surface area contributed by atoms with Crippen molar-refractivity contribution >= 4 is 33.2 Å². The summed E-state index contributed by atoms with van der Waals surface area (Å²) in [5, 5.41) is 2.78. The van der Waals surface area contributed by atoms with Crippen molar-refractivity contribution in [2.24, 2.45) is 0 Å². The molecule has 5 heteroatoms. The van der Waals surface area contributed by atoms with Crippen molar-refractivity contribution in [3.63, 3.8) is 0 Å². The number of amides is 1. The molecule has 1 aromatic carbocycles. The highest BCUT2D eigenvalue weighted by Crippen LogP contribution is 2.23. The Morgan fingerprint density at radius 1 is 1.33 bits per heavy atom. The standard InChI is InChI=1S/C13H13BrN2O2/c1-7-5-10(8(2)18-7)13(17)16-9-3-4-11(14)12(15)6-9/h3-6H,15H2,1-2H3,(H,16,17). The summed E-state index contributed by atoms with van der Waals surface area (Å²) in [6.07, 6.45) is 0. The predicted molar refractivity (Wildman–Crippen MR) is 74.7 cm³/mol. The molecule has 0 radical (unpaired) electrons. The fourth-order valence-corrected chi connectivity index (χ4v) is 1.92. The van der Waals surface area contributed by atoms with Crippen LogP contribution < -0.4 is 11.1 Å². The molecule has 3 N–H and O–H groups in total. The number of carbonyl (C=O) groups excluding carboxylic acids is 1. The fourth-order valence-electron chi connectivity index (χ4n) is 1.68. The van der Waals surface area contributed by atoms with Crippen molar-refractivity contribution in [2.45, 2.75) is 13.8 Å². The first-order chi connectivity index (χ1) is 8.47. The number of hydrogen-bond donors (Lipinski definition) is 2. The molecule has 2 rings (SSSR count). The summed E-state index contributed by atoms with van der Waals surface area (Å²) < 4.78 is 6.12. The average molecular weight is 309 g/mol. The molecule has 0 bridgehead atoms. The number of anilines is 2. The number of nitrogen functional groups attached to an aromatic ring is 1. The van der Waals surface area contributed by atoms with Gasteiger partial charge in [-0.15, -0.1) is 0 Å². The van der Waals surface area contributed by atoms with E-state index < -0.39 is 0 Å². The summed E-state index contributed by atoms with van der Waals surface area (Å²) in [7, 11) is 0. The van der Waals surface area contributed by atoms with Crippen LogP contribution in [0.25, 0.3) is 0 Å². The molecule has 94 valence electrons. The highest BCUT2D eigenvalue weighted by Gasteiger charge is 2.13. The number of benzene rings is 1. The molecule has 1 heterocycles. The number of hydrogen-bond acceptors (Lipinski definition) is 3. The van der Waals surface area contributed by atoms with Crippen molar-refractivity contribution in [3.05, 3.63) is 45.8 Å². The smallest absolute Gasteiger partial charge is 0.259 e. The first-order valence-corrected chi connectivity index (χ1v) is 6.20. The van der Waals surface area contributed by atoms with E-state index in [-0.39, 0.29) is 5.91 Å². The van der Waals surface area contributed by atoms with Crippen molar-refractivity contribution in [1.29, 1.82) is 0 Å². The molecule has 0 aliphatic carbocycles. The lowest BCUT2D eigenvalue weighted by atomic mass is 10.2. The monoisotopic (exact) mass is 308 g/mol. The van der Waals surface area contributed by atoms with Gasteiger partial charge in [-0.3, -0.25) is 4.79 Å². The summed E-state index contributed by atoms with van der Waals surface area (Å²) in [5.74, 6) is 1.12. The van der Waals surface area contributed by atoms with Crippen LogP contribution in [-0.2, 0) is 0 Å². The van der Waals surface area contributed by atoms with E-state index in [2.05, 4.69) is 21.2 Å². The van der Waals surface area contributed by atoms with E-state index in [1.165, 1.54) is 0 Å². The van der Waals surface area contributed by atoms with Gasteiger partial charge in [-0.1, -0.05) is 0 Å². The molecule has 0 unspecified atom stereocenters. The number of aryl methyl sites for hydroxylation is 2. The van der Waals surface area contributed by atoms with Gasteiger partial charge in [0.2, 0.25) is 0 Å². The summed E-state index contributed by atoms with van der Waals surface area (Å²) in [6.45, 7) is 3.57. The molecule has 2 aromatic rings. The lowest BCUT2D eigenvalue weighted by Gasteiger charge is -2.06. The largest absolute Gasteiger partial charge is 0.466 e. The van der Waals surface area contributed by atoms with Gasteiger partial charge in [0.05, 0.1) is 5.56 Å². The second kappa shape index (κ2) is 4.86. The zero-order valence-electron chi connectivity index (χ0n) is 10.1. The number of halogens is 1. The van der Waals surface area contributed by atoms with Crippen LogP contribution in [-0.4, -0.2) is 5.91 Å². The van der Waals surface area contributed by atoms with Crippen LogP contribution in [0.5, 0.6) is 0 Å². The number of nitrogens with two attached hydrogens (primary N) is 1. The lowest BCUT2D eigenvalue weighted by Crippen LogP contribution is -2.12. The number of carbonyl (C=O) groups is 1. The number of furan rings is 1. The molecule has 0 aliphatic heterocycles. The molecular formula is C13H13BrN2O2. The predicted octanol–water partition coefficient (Wildman–Crippen LogP) is 3.49. The second-order valence-corrected chi connectivity index (χ2v) is 4.87. The molecule has 4 nitrogen and oxygen atoms in total. The van der Waals surface area contributed by atoms with Crippen LogP contribution in [0.4, 0.5) is 11.4 Å². The van der Waals surface area contributed by atoms with E-state index in [1.807, 2.05) is 0 Å². The van der Waals surface area contributed by atoms with Gasteiger partial charge >= 0.3 is 0 Å². The molecule has 0 atom stereocenters. The Kier molecular flexibility index (Phi) is 3.43. The van der Waals surface area contributed by atoms with Gasteiger partial charge in [0.15, 0.2) is 0 Å². The normalized spacial score (nSPS) is 10.4. The summed E-state index contributed by atoms with van der Waals surface area (Å²) >= 11 is 3.30. The van der Waals surface area contributed by atoms with Gasteiger partial charge in [-0.05, 0) is 54.0 Å². The van der Waals surface area contributed by atoms with Gasteiger partial charge in [0.25, 0.3) is 5.91 Å². The minimum absolute atomic E-state index is 0.203. The molecule has 0 saturated heterocycles. The Morgan fingerprint density at radius 2 is 2.06 bits per heavy atom. The Hall–Kier alpha value is -1.75. The van der Waals surface area contributed by atoms with E-state index in [4.69, 9.17) is 10.2 Å². The first-order valence-electron chi connectivity index (χ1n) is 5.41. The minimum atomic E-state index is -0.203. The molecule has 0 fully saturated rings. The van der Waals surface area contributed by atoms with Gasteiger partial charge < -0.3 is 15.5 Å². The van der Waals surface area contributed by atoms with Gasteiger partial charge in [-0.2, -0.15) is 0 Å². The molecule has 18 heavy (non-hydrogen) atoms. The Balaban J connectivity index is 2.21. The summed E-state index contributed by atoms with van der Waals surface area (Å²) in [4.78, 5) is 12.0. The van der Waals surface area contributed by atoms with E-state index in [0.717, 1.165) is 4.47 Å². The SMILES string of the molecule is Cc1cc(C(=O)Nc2ccc(Br)c(N)c2)c(C)o1. The van der Waals surface area contributed by atoms with Crippen LogP contribution in [0.15, 0.2) is 33.2 Å². The van der Waals surface area contributed by atoms with Gasteiger partial charge in [0, 0.05) is 15.8 Å². The van der Waals surface area contributed by atoms with E-state index in [1.54, 1.807) is 38.1 Å². The summed E-state index contributed by atoms with van der Waals surface area (Å²) in [6, 6.07) is 6.98. The quantitative estimate of drug-likeness (QED) is 0.834. The van der Waals surface area contributed by atoms with E-state index >= 15 is 0 Å². The zero-order chi connectivity index (χ0) is 13.3. The van der Waals surface area contributed by atoms with Crippen molar-refractivity contribution in [1.82, 2.24) is 0 Å². The van der Waals surface area contributed by atoms with Crippen LogP contribution in [0.1, 0.15) is 21.9 Å². The third kappa shape index (κ3) is 2.56. The third-order valence-corrected chi connectivity index (χ3v) is 3.26. The van der Waals surface area contributed by atoms with Crippen LogP contribution in [0, 0.1) is 13.8 Å². The lowest BCUT2D eigenvalue weighted by molar-refractivity contribution is 0.102. The maximum atomic E-state index is 12.0. The highest BCUT2D eigenvalue weighted by atomic mass is 79.9. The van der Waals surface area contributed by atoms with Crippen LogP contribution >= 0.6 is 15.9 Å². The molecule has 0 spiro atoms. The topological polar surface area (TPSA) is 68.3 Å². The van der Waals surface area contributed by atoms with Crippen molar-refractivity contribution < 1.29 is 9.21 Å². The minimum Gasteiger partial charge on any atom is -0.466 e. The summed E-state index contributed by atoms with van der Waals surface area (Å²) in [5.41, 5.74) is 7.52. The Labute approximate surface area is 113 Å². The van der Waals surface area contributed by atoms with Crippen LogP contribution in [0.3, 0.4) is 0 Å². The highest BCUT2D eigenvalue weighted by molar-refractivity contribution is 9.10. The van der Waals surface area contributed by atoms with Gasteiger partial charge in [0.1, 0.15) is 11.5 Å². The van der Waals surface area contributed by atoms with E-state index in [9.17, 15) is 4.79 Å². The molecule has 1 amide bonds. The maximum Gasteiger partial charge on any atom is 0.259 e. The first kappa shape index (κ1) is 12.7. The maximum absolute atomic E-state index is 12.0. The molecule has 1 aromatic heterocycles. The number of rotatable bonds is 2. The third-order valence-electron chi connectivity index (χ3n) is 2.54. The van der Waals surface area contributed by atoms with Crippen molar-refractivity contribution in [3.8, 4) is 0 Å². The van der Waals surface area contributed by atoms with Crippen LogP contribution in [0.2, 0.25) is 0 Å². The number of nitrogens with one attached hydrogen (secondary N) is 1. The molecule has 0 saturated carbocycles. The van der Waals surface area contributed by atoms with Gasteiger partial charge in [-0.25, -0.2) is 0 Å². The average Bonchev–Trinajstić information content (AvgIpc) is 2.63. The van der Waals surface area contributed by atoms with E-state index in [0.29, 0.717) is 28.5 Å². The second-order valence-electron chi connectivity index (χ2n) is 4.02. The molecular weight excluding hydrogens is 296 g/mol. The fraction of sp³-hybridized carbons (Fsp3) is 0.154.